The third kappa shape index (κ3) is 4.85. The Labute approximate surface area is 184 Å². The van der Waals surface area contributed by atoms with Crippen molar-refractivity contribution in [2.45, 2.75) is 39.7 Å². The molecule has 1 aromatic heterocycles. The fourth-order valence-electron chi connectivity index (χ4n) is 4.19. The molecule has 1 fully saturated rings. The third-order valence-corrected chi connectivity index (χ3v) is 5.87. The molecule has 2 heterocycles. The van der Waals surface area contributed by atoms with Crippen molar-refractivity contribution < 1.29 is 4.79 Å². The summed E-state index contributed by atoms with van der Waals surface area (Å²) < 4.78 is 1.81. The molecule has 0 spiro atoms. The molecule has 1 aliphatic heterocycles. The predicted molar refractivity (Wildman–Crippen MR) is 122 cm³/mol. The Kier molecular flexibility index (Phi) is 6.47. The summed E-state index contributed by atoms with van der Waals surface area (Å²) in [4.78, 5) is 22.0. The van der Waals surface area contributed by atoms with Crippen molar-refractivity contribution in [1.29, 1.82) is 0 Å². The van der Waals surface area contributed by atoms with Gasteiger partial charge in [0.15, 0.2) is 0 Å². The van der Waals surface area contributed by atoms with Gasteiger partial charge in [-0.1, -0.05) is 62.4 Å². The predicted octanol–water partition coefficient (Wildman–Crippen LogP) is 4.05. The maximum absolute atomic E-state index is 13.2. The summed E-state index contributed by atoms with van der Waals surface area (Å²) in [5.74, 6) is 1.30. The Morgan fingerprint density at radius 3 is 2.48 bits per heavy atom. The van der Waals surface area contributed by atoms with Crippen molar-refractivity contribution in [2.75, 3.05) is 26.2 Å². The first-order valence-corrected chi connectivity index (χ1v) is 11.1. The van der Waals surface area contributed by atoms with Gasteiger partial charge < -0.3 is 4.90 Å². The Morgan fingerprint density at radius 1 is 0.968 bits per heavy atom. The number of aryl methyl sites for hydroxylation is 1. The number of hydrogen-bond donors (Lipinski definition) is 0. The Hall–Kier alpha value is -2.99. The number of aromatic nitrogens is 3. The van der Waals surface area contributed by atoms with Crippen LogP contribution in [0, 0.1) is 6.92 Å². The van der Waals surface area contributed by atoms with Crippen molar-refractivity contribution in [1.82, 2.24) is 24.6 Å². The first kappa shape index (κ1) is 21.2. The molecule has 0 aliphatic carbocycles. The minimum absolute atomic E-state index is 0.0783. The molecule has 3 aromatic rings. The van der Waals surface area contributed by atoms with Gasteiger partial charge in [0, 0.05) is 32.7 Å². The van der Waals surface area contributed by atoms with E-state index in [1.165, 1.54) is 11.1 Å². The molecule has 4 rings (SSSR count). The molecule has 6 heteroatoms. The van der Waals surface area contributed by atoms with Gasteiger partial charge in [-0.15, -0.1) is 5.10 Å². The molecule has 31 heavy (non-hydrogen) atoms. The number of carbonyl (C=O) groups excluding carboxylic acids is 1. The first-order chi connectivity index (χ1) is 15.0. The second-order valence-corrected chi connectivity index (χ2v) is 8.52. The lowest BCUT2D eigenvalue weighted by molar-refractivity contribution is 0.0749. The van der Waals surface area contributed by atoms with Crippen molar-refractivity contribution in [2.24, 2.45) is 0 Å². The summed E-state index contributed by atoms with van der Waals surface area (Å²) in [7, 11) is 0. The zero-order valence-electron chi connectivity index (χ0n) is 18.7. The van der Waals surface area contributed by atoms with Gasteiger partial charge >= 0.3 is 0 Å². The topological polar surface area (TPSA) is 54.3 Å². The van der Waals surface area contributed by atoms with E-state index in [0.717, 1.165) is 44.1 Å². The van der Waals surface area contributed by atoms with Crippen molar-refractivity contribution in [3.05, 3.63) is 77.4 Å². The van der Waals surface area contributed by atoms with E-state index in [-0.39, 0.29) is 11.7 Å². The molecule has 0 saturated carbocycles. The highest BCUT2D eigenvalue weighted by Crippen LogP contribution is 2.23. The van der Waals surface area contributed by atoms with Crippen LogP contribution in [-0.2, 0) is 6.54 Å². The van der Waals surface area contributed by atoms with Gasteiger partial charge in [0.1, 0.15) is 5.82 Å². The van der Waals surface area contributed by atoms with E-state index < -0.39 is 0 Å². The Morgan fingerprint density at radius 2 is 1.71 bits per heavy atom. The minimum Gasteiger partial charge on any atom is -0.335 e. The summed E-state index contributed by atoms with van der Waals surface area (Å²) >= 11 is 0. The van der Waals surface area contributed by atoms with Crippen LogP contribution < -0.4 is 0 Å². The number of carbonyl (C=O) groups is 1. The van der Waals surface area contributed by atoms with Crippen LogP contribution in [0.15, 0.2) is 54.6 Å². The fourth-order valence-corrected chi connectivity index (χ4v) is 4.19. The standard InChI is InChI=1S/C25H31N5O/c1-19(2)22-12-7-8-13-23(22)30-20(3)26-24(27-30)25(31)29-15-9-14-28(16-17-29)18-21-10-5-4-6-11-21/h4-8,10-13,19H,9,14-18H2,1-3H3. The number of amides is 1. The molecular formula is C25H31N5O. The monoisotopic (exact) mass is 417 g/mol. The van der Waals surface area contributed by atoms with E-state index >= 15 is 0 Å². The van der Waals surface area contributed by atoms with E-state index in [0.29, 0.717) is 12.5 Å². The van der Waals surface area contributed by atoms with Gasteiger partial charge in [-0.2, -0.15) is 0 Å². The Bertz CT molecular complexity index is 1030. The van der Waals surface area contributed by atoms with Crippen molar-refractivity contribution >= 4 is 5.91 Å². The van der Waals surface area contributed by atoms with Crippen LogP contribution in [0.5, 0.6) is 0 Å². The smallest absolute Gasteiger partial charge is 0.293 e. The van der Waals surface area contributed by atoms with Crippen molar-refractivity contribution in [3.8, 4) is 5.69 Å². The lowest BCUT2D eigenvalue weighted by Gasteiger charge is -2.21. The maximum atomic E-state index is 13.2. The summed E-state index contributed by atoms with van der Waals surface area (Å²) in [6.07, 6.45) is 0.953. The van der Waals surface area contributed by atoms with Crippen molar-refractivity contribution in [3.63, 3.8) is 0 Å². The second kappa shape index (κ2) is 9.43. The molecule has 0 bridgehead atoms. The third-order valence-electron chi connectivity index (χ3n) is 5.87. The lowest BCUT2D eigenvalue weighted by Crippen LogP contribution is -2.35. The van der Waals surface area contributed by atoms with Gasteiger partial charge in [-0.25, -0.2) is 9.67 Å². The number of para-hydroxylation sites is 1. The molecule has 0 radical (unpaired) electrons. The largest absolute Gasteiger partial charge is 0.335 e. The quantitative estimate of drug-likeness (QED) is 0.629. The molecule has 1 saturated heterocycles. The van der Waals surface area contributed by atoms with E-state index in [1.807, 2.05) is 40.8 Å². The number of nitrogens with zero attached hydrogens (tertiary/aromatic N) is 5. The summed E-state index contributed by atoms with van der Waals surface area (Å²) in [6, 6.07) is 18.7. The zero-order valence-corrected chi connectivity index (χ0v) is 18.7. The normalized spacial score (nSPS) is 15.3. The van der Waals surface area contributed by atoms with E-state index in [2.05, 4.69) is 59.2 Å². The molecule has 2 aromatic carbocycles. The molecule has 1 amide bonds. The molecule has 6 nitrogen and oxygen atoms in total. The van der Waals surface area contributed by atoms with Gasteiger partial charge in [-0.05, 0) is 36.5 Å². The Balaban J connectivity index is 1.47. The van der Waals surface area contributed by atoms with Gasteiger partial charge in [-0.3, -0.25) is 9.69 Å². The maximum Gasteiger partial charge on any atom is 0.293 e. The number of hydrogen-bond acceptors (Lipinski definition) is 4. The van der Waals surface area contributed by atoms with Crippen LogP contribution in [0.2, 0.25) is 0 Å². The van der Waals surface area contributed by atoms with Crippen LogP contribution >= 0.6 is 0 Å². The zero-order chi connectivity index (χ0) is 21.8. The van der Waals surface area contributed by atoms with Crippen LogP contribution in [0.1, 0.15) is 53.8 Å². The van der Waals surface area contributed by atoms with E-state index in [9.17, 15) is 4.79 Å². The SMILES string of the molecule is Cc1nc(C(=O)N2CCCN(Cc3ccccc3)CC2)nn1-c1ccccc1C(C)C. The van der Waals surface area contributed by atoms with Crippen LogP contribution in [-0.4, -0.2) is 56.7 Å². The summed E-state index contributed by atoms with van der Waals surface area (Å²) in [6.45, 7) is 10.4. The van der Waals surface area contributed by atoms with Crippen LogP contribution in [0.3, 0.4) is 0 Å². The van der Waals surface area contributed by atoms with Crippen LogP contribution in [0.25, 0.3) is 5.69 Å². The molecule has 1 aliphatic rings. The average Bonchev–Trinajstić information content (AvgIpc) is 3.01. The van der Waals surface area contributed by atoms with Gasteiger partial charge in [0.25, 0.3) is 5.91 Å². The van der Waals surface area contributed by atoms with Crippen LogP contribution in [0.4, 0.5) is 0 Å². The van der Waals surface area contributed by atoms with Gasteiger partial charge in [0.2, 0.25) is 5.82 Å². The molecule has 162 valence electrons. The molecule has 0 atom stereocenters. The van der Waals surface area contributed by atoms with E-state index in [4.69, 9.17) is 0 Å². The second-order valence-electron chi connectivity index (χ2n) is 8.52. The molecule has 0 unspecified atom stereocenters. The highest BCUT2D eigenvalue weighted by molar-refractivity contribution is 5.90. The lowest BCUT2D eigenvalue weighted by atomic mass is 10.0. The van der Waals surface area contributed by atoms with E-state index in [1.54, 1.807) is 0 Å². The van der Waals surface area contributed by atoms with Gasteiger partial charge in [0.05, 0.1) is 5.69 Å². The minimum atomic E-state index is -0.0783. The highest BCUT2D eigenvalue weighted by atomic mass is 16.2. The first-order valence-electron chi connectivity index (χ1n) is 11.1. The average molecular weight is 418 g/mol. The molecular weight excluding hydrogens is 386 g/mol. The summed E-state index contributed by atoms with van der Waals surface area (Å²) in [5, 5.41) is 4.62. The molecule has 0 N–H and O–H groups in total. The summed E-state index contributed by atoms with van der Waals surface area (Å²) in [5.41, 5.74) is 3.49. The fraction of sp³-hybridized carbons (Fsp3) is 0.400. The number of rotatable bonds is 5. The number of benzene rings is 2. The highest BCUT2D eigenvalue weighted by Gasteiger charge is 2.25.